The van der Waals surface area contributed by atoms with Gasteiger partial charge >= 0.3 is 0 Å². The third kappa shape index (κ3) is 6.22. The molecule has 0 N–H and O–H groups in total. The summed E-state index contributed by atoms with van der Waals surface area (Å²) in [7, 11) is 0. The first-order valence-electron chi connectivity index (χ1n) is 22.7. The first-order valence-corrected chi connectivity index (χ1v) is 22.7. The van der Waals surface area contributed by atoms with Crippen molar-refractivity contribution in [2.24, 2.45) is 0 Å². The SMILES string of the molecule is CC1(C)c2ccccc2C2(c3ccccc3-c3cc(-c4ccc(-c5ccc(N(c6ccc(-c7ccccc7)cc6)c6ccc(-c7ccccc7)cc6)cc5)cc4)ccc32)c2ccccc21. The second-order valence-electron chi connectivity index (χ2n) is 18.1. The van der Waals surface area contributed by atoms with Crippen LogP contribution in [0.15, 0.2) is 249 Å². The van der Waals surface area contributed by atoms with Gasteiger partial charge in [-0.15, -0.1) is 0 Å². The maximum atomic E-state index is 2.44. The lowest BCUT2D eigenvalue weighted by Crippen LogP contribution is -2.40. The van der Waals surface area contributed by atoms with Crippen LogP contribution in [-0.4, -0.2) is 0 Å². The Kier molecular flexibility index (Phi) is 9.14. The Morgan fingerprint density at radius 1 is 0.246 bits per heavy atom. The minimum Gasteiger partial charge on any atom is -0.311 e. The van der Waals surface area contributed by atoms with E-state index in [1.54, 1.807) is 0 Å². The molecule has 2 aliphatic carbocycles. The molecule has 2 aliphatic rings. The van der Waals surface area contributed by atoms with Crippen molar-refractivity contribution in [1.29, 1.82) is 0 Å². The van der Waals surface area contributed by atoms with Crippen molar-refractivity contribution in [3.8, 4) is 55.6 Å². The van der Waals surface area contributed by atoms with Crippen LogP contribution < -0.4 is 4.90 Å². The molecule has 0 atom stereocenters. The average molecular weight is 830 g/mol. The van der Waals surface area contributed by atoms with Crippen molar-refractivity contribution in [2.75, 3.05) is 4.90 Å². The number of benzene rings is 10. The van der Waals surface area contributed by atoms with Crippen LogP contribution in [0, 0.1) is 0 Å². The number of hydrogen-bond acceptors (Lipinski definition) is 1. The summed E-state index contributed by atoms with van der Waals surface area (Å²) in [6, 6.07) is 91.6. The number of hydrogen-bond donors (Lipinski definition) is 0. The molecule has 0 fully saturated rings. The zero-order valence-electron chi connectivity index (χ0n) is 36.6. The first-order chi connectivity index (χ1) is 32.0. The van der Waals surface area contributed by atoms with Crippen LogP contribution in [0.25, 0.3) is 55.6 Å². The Labute approximate surface area is 382 Å². The van der Waals surface area contributed by atoms with Crippen LogP contribution in [0.2, 0.25) is 0 Å². The fraction of sp³-hybridized carbons (Fsp3) is 0.0625. The van der Waals surface area contributed by atoms with Gasteiger partial charge in [-0.3, -0.25) is 0 Å². The minimum atomic E-state index is -0.379. The summed E-state index contributed by atoms with van der Waals surface area (Å²) in [6.45, 7) is 4.76. The van der Waals surface area contributed by atoms with E-state index in [1.807, 2.05) is 0 Å². The molecule has 0 bridgehead atoms. The zero-order chi connectivity index (χ0) is 43.5. The topological polar surface area (TPSA) is 3.24 Å². The highest BCUT2D eigenvalue weighted by Gasteiger charge is 2.53. The van der Waals surface area contributed by atoms with Gasteiger partial charge in [-0.1, -0.05) is 220 Å². The van der Waals surface area contributed by atoms with Crippen LogP contribution >= 0.6 is 0 Å². The summed E-state index contributed by atoms with van der Waals surface area (Å²) >= 11 is 0. The molecule has 1 heteroatoms. The molecule has 65 heavy (non-hydrogen) atoms. The predicted octanol–water partition coefficient (Wildman–Crippen LogP) is 16.8. The van der Waals surface area contributed by atoms with E-state index in [-0.39, 0.29) is 10.8 Å². The van der Waals surface area contributed by atoms with E-state index in [4.69, 9.17) is 0 Å². The second kappa shape index (κ2) is 15.4. The third-order valence-electron chi connectivity index (χ3n) is 14.2. The maximum absolute atomic E-state index is 2.44. The lowest BCUT2D eigenvalue weighted by atomic mass is 9.55. The zero-order valence-corrected chi connectivity index (χ0v) is 36.6. The van der Waals surface area contributed by atoms with Crippen LogP contribution in [0.5, 0.6) is 0 Å². The summed E-state index contributed by atoms with van der Waals surface area (Å²) in [5.74, 6) is 0. The van der Waals surface area contributed by atoms with E-state index in [2.05, 4.69) is 267 Å². The minimum absolute atomic E-state index is 0.109. The van der Waals surface area contributed by atoms with Crippen LogP contribution in [-0.2, 0) is 10.8 Å². The summed E-state index contributed by atoms with van der Waals surface area (Å²) in [4.78, 5) is 2.35. The lowest BCUT2D eigenvalue weighted by molar-refractivity contribution is 0.563. The van der Waals surface area contributed by atoms with Crippen LogP contribution in [0.4, 0.5) is 17.1 Å². The molecule has 10 aromatic carbocycles. The van der Waals surface area contributed by atoms with Gasteiger partial charge in [-0.05, 0) is 131 Å². The van der Waals surface area contributed by atoms with Gasteiger partial charge in [-0.25, -0.2) is 0 Å². The number of nitrogens with zero attached hydrogens (tertiary/aromatic N) is 1. The molecule has 0 unspecified atom stereocenters. The Hall–Kier alpha value is -8.00. The molecule has 10 aromatic rings. The van der Waals surface area contributed by atoms with Crippen molar-refractivity contribution < 1.29 is 0 Å². The van der Waals surface area contributed by atoms with E-state index >= 15 is 0 Å². The molecule has 1 spiro atoms. The summed E-state index contributed by atoms with van der Waals surface area (Å²) in [5.41, 5.74) is 23.4. The third-order valence-corrected chi connectivity index (χ3v) is 14.2. The fourth-order valence-electron chi connectivity index (χ4n) is 11.0. The molecule has 12 rings (SSSR count). The highest BCUT2D eigenvalue weighted by atomic mass is 15.1. The molecule has 0 heterocycles. The molecule has 0 saturated heterocycles. The Balaban J connectivity index is 0.878. The molecular weight excluding hydrogens is 783 g/mol. The fourth-order valence-corrected chi connectivity index (χ4v) is 11.0. The quantitative estimate of drug-likeness (QED) is 0.155. The molecule has 1 nitrogen and oxygen atoms in total. The lowest BCUT2D eigenvalue weighted by Gasteiger charge is -2.46. The van der Waals surface area contributed by atoms with Gasteiger partial charge in [0.2, 0.25) is 0 Å². The van der Waals surface area contributed by atoms with E-state index in [9.17, 15) is 0 Å². The van der Waals surface area contributed by atoms with Gasteiger partial charge in [0.15, 0.2) is 0 Å². The smallest absolute Gasteiger partial charge is 0.0719 e. The monoisotopic (exact) mass is 829 g/mol. The molecular formula is C64H47N. The first kappa shape index (κ1) is 38.7. The normalized spacial score (nSPS) is 13.6. The van der Waals surface area contributed by atoms with E-state index in [0.29, 0.717) is 0 Å². The van der Waals surface area contributed by atoms with Gasteiger partial charge in [0.05, 0.1) is 5.41 Å². The highest BCUT2D eigenvalue weighted by molar-refractivity contribution is 5.91. The highest BCUT2D eigenvalue weighted by Crippen LogP contribution is 2.62. The molecule has 0 saturated carbocycles. The van der Waals surface area contributed by atoms with E-state index in [1.165, 1.54) is 89.0 Å². The van der Waals surface area contributed by atoms with Crippen molar-refractivity contribution >= 4 is 17.1 Å². The largest absolute Gasteiger partial charge is 0.311 e. The Morgan fingerprint density at radius 2 is 0.554 bits per heavy atom. The van der Waals surface area contributed by atoms with Crippen molar-refractivity contribution in [3.63, 3.8) is 0 Å². The van der Waals surface area contributed by atoms with E-state index < -0.39 is 0 Å². The summed E-state index contributed by atoms with van der Waals surface area (Å²) in [5, 5.41) is 0. The van der Waals surface area contributed by atoms with Gasteiger partial charge < -0.3 is 4.90 Å². The molecule has 0 radical (unpaired) electrons. The van der Waals surface area contributed by atoms with Gasteiger partial charge in [-0.2, -0.15) is 0 Å². The van der Waals surface area contributed by atoms with Gasteiger partial charge in [0.25, 0.3) is 0 Å². The van der Waals surface area contributed by atoms with Crippen molar-refractivity contribution in [1.82, 2.24) is 0 Å². The number of anilines is 3. The van der Waals surface area contributed by atoms with E-state index in [0.717, 1.165) is 17.1 Å². The van der Waals surface area contributed by atoms with Crippen LogP contribution in [0.1, 0.15) is 47.2 Å². The van der Waals surface area contributed by atoms with Crippen LogP contribution in [0.3, 0.4) is 0 Å². The second-order valence-corrected chi connectivity index (χ2v) is 18.1. The average Bonchev–Trinajstić information content (AvgIpc) is 3.67. The molecule has 308 valence electrons. The van der Waals surface area contributed by atoms with Gasteiger partial charge in [0.1, 0.15) is 0 Å². The van der Waals surface area contributed by atoms with Crippen molar-refractivity contribution in [2.45, 2.75) is 24.7 Å². The molecule has 0 aromatic heterocycles. The van der Waals surface area contributed by atoms with Crippen molar-refractivity contribution in [3.05, 3.63) is 282 Å². The number of fused-ring (bicyclic) bond motifs is 9. The Morgan fingerprint density at radius 3 is 1.00 bits per heavy atom. The molecule has 0 amide bonds. The summed E-state index contributed by atoms with van der Waals surface area (Å²) < 4.78 is 0. The Bertz CT molecular complexity index is 3210. The maximum Gasteiger partial charge on any atom is 0.0719 e. The summed E-state index contributed by atoms with van der Waals surface area (Å²) in [6.07, 6.45) is 0. The number of rotatable bonds is 7. The standard InChI is InChI=1S/C64H47N/c1-63(2)59-21-11-13-23-61(59)64(62-24-14-12-22-60(62)63)57-20-10-9-19-55(57)56-43-51(35-42-58(56)64)50-27-25-46(26-28-50)49-33-40-54(41-34-49)65(52-36-29-47(30-37-52)44-15-5-3-6-16-44)53-38-31-48(32-39-53)45-17-7-4-8-18-45/h3-43H,1-2H3. The van der Waals surface area contributed by atoms with Gasteiger partial charge in [0, 0.05) is 22.5 Å². The molecule has 0 aliphatic heterocycles. The predicted molar refractivity (Wildman–Crippen MR) is 272 cm³/mol.